The topological polar surface area (TPSA) is 32.3 Å². The van der Waals surface area contributed by atoms with Crippen LogP contribution in [0.2, 0.25) is 0 Å². The van der Waals surface area contributed by atoms with Gasteiger partial charge in [-0.25, -0.2) is 0 Å². The standard InChI is InChI=1S/C16H24N2O.C6H6/c1-4-18(5-2)16(19)10-13-9-14-8-12(3)6-7-15(14)17-11-13;1-2-4-6-5-3-1/h6-8,13,17H,4-5,9-11H2,1-3H3;1-6H/t13-;/m1./s1. The molecule has 0 saturated carbocycles. The van der Waals surface area contributed by atoms with E-state index in [-0.39, 0.29) is 5.91 Å². The number of aryl methyl sites for hydroxylation is 1. The molecule has 1 heterocycles. The second-order valence-electron chi connectivity index (χ2n) is 6.54. The molecule has 2 aromatic rings. The summed E-state index contributed by atoms with van der Waals surface area (Å²) in [6.45, 7) is 8.72. The summed E-state index contributed by atoms with van der Waals surface area (Å²) >= 11 is 0. The molecule has 0 aromatic heterocycles. The molecule has 0 spiro atoms. The number of anilines is 1. The Hall–Kier alpha value is -2.29. The molecule has 0 saturated heterocycles. The van der Waals surface area contributed by atoms with Crippen molar-refractivity contribution in [1.82, 2.24) is 4.90 Å². The summed E-state index contributed by atoms with van der Waals surface area (Å²) in [6, 6.07) is 18.5. The van der Waals surface area contributed by atoms with Crippen molar-refractivity contribution in [3.05, 3.63) is 65.7 Å². The van der Waals surface area contributed by atoms with Gasteiger partial charge in [0.05, 0.1) is 0 Å². The first kappa shape index (κ1) is 19.0. The van der Waals surface area contributed by atoms with Crippen LogP contribution >= 0.6 is 0 Å². The molecule has 3 heteroatoms. The Morgan fingerprint density at radius 3 is 2.24 bits per heavy atom. The Morgan fingerprint density at radius 2 is 1.68 bits per heavy atom. The number of hydrogen-bond acceptors (Lipinski definition) is 2. The van der Waals surface area contributed by atoms with Crippen LogP contribution in [0.15, 0.2) is 54.6 Å². The van der Waals surface area contributed by atoms with Crippen molar-refractivity contribution in [2.45, 2.75) is 33.6 Å². The van der Waals surface area contributed by atoms with Crippen LogP contribution in [0.1, 0.15) is 31.4 Å². The van der Waals surface area contributed by atoms with Crippen molar-refractivity contribution in [1.29, 1.82) is 0 Å². The van der Waals surface area contributed by atoms with Crippen LogP contribution in [0, 0.1) is 12.8 Å². The maximum absolute atomic E-state index is 12.2. The molecule has 134 valence electrons. The van der Waals surface area contributed by atoms with E-state index in [1.54, 1.807) is 0 Å². The molecule has 0 bridgehead atoms. The van der Waals surface area contributed by atoms with Gasteiger partial charge in [0.25, 0.3) is 0 Å². The van der Waals surface area contributed by atoms with E-state index >= 15 is 0 Å². The van der Waals surface area contributed by atoms with Crippen molar-refractivity contribution in [3.63, 3.8) is 0 Å². The van der Waals surface area contributed by atoms with Gasteiger partial charge in [0.2, 0.25) is 5.91 Å². The van der Waals surface area contributed by atoms with Crippen LogP contribution in [0.5, 0.6) is 0 Å². The molecule has 1 N–H and O–H groups in total. The number of carbonyl (C=O) groups excluding carboxylic acids is 1. The fraction of sp³-hybridized carbons (Fsp3) is 0.409. The quantitative estimate of drug-likeness (QED) is 0.888. The van der Waals surface area contributed by atoms with Gasteiger partial charge < -0.3 is 10.2 Å². The van der Waals surface area contributed by atoms with Crippen molar-refractivity contribution in [2.75, 3.05) is 25.0 Å². The monoisotopic (exact) mass is 338 g/mol. The first-order chi connectivity index (χ1) is 12.1. The fourth-order valence-electron chi connectivity index (χ4n) is 3.18. The van der Waals surface area contributed by atoms with E-state index in [4.69, 9.17) is 0 Å². The van der Waals surface area contributed by atoms with Gasteiger partial charge in [-0.2, -0.15) is 0 Å². The highest BCUT2D eigenvalue weighted by atomic mass is 16.2. The van der Waals surface area contributed by atoms with E-state index in [1.807, 2.05) is 55.1 Å². The van der Waals surface area contributed by atoms with E-state index in [1.165, 1.54) is 16.8 Å². The van der Waals surface area contributed by atoms with Crippen molar-refractivity contribution in [2.24, 2.45) is 5.92 Å². The number of benzene rings is 2. The zero-order valence-corrected chi connectivity index (χ0v) is 15.7. The summed E-state index contributed by atoms with van der Waals surface area (Å²) in [5.74, 6) is 0.704. The SMILES string of the molecule is CCN(CC)C(=O)C[C@@H]1CNc2ccc(C)cc2C1.c1ccccc1. The van der Waals surface area contributed by atoms with E-state index in [0.29, 0.717) is 12.3 Å². The molecule has 1 amide bonds. The summed E-state index contributed by atoms with van der Waals surface area (Å²) in [6.07, 6.45) is 1.67. The Morgan fingerprint density at radius 1 is 1.08 bits per heavy atom. The summed E-state index contributed by atoms with van der Waals surface area (Å²) in [5, 5.41) is 3.45. The predicted molar refractivity (Wildman–Crippen MR) is 106 cm³/mol. The van der Waals surface area contributed by atoms with Gasteiger partial charge in [0, 0.05) is 31.7 Å². The minimum atomic E-state index is 0.285. The van der Waals surface area contributed by atoms with Gasteiger partial charge >= 0.3 is 0 Å². The summed E-state index contributed by atoms with van der Waals surface area (Å²) in [4.78, 5) is 14.1. The third-order valence-electron chi connectivity index (χ3n) is 4.60. The molecule has 2 aromatic carbocycles. The molecule has 1 aliphatic heterocycles. The van der Waals surface area contributed by atoms with Crippen LogP contribution in [0.3, 0.4) is 0 Å². The van der Waals surface area contributed by atoms with Crippen LogP contribution in [0.4, 0.5) is 5.69 Å². The molecular weight excluding hydrogens is 308 g/mol. The van der Waals surface area contributed by atoms with Crippen molar-refractivity contribution >= 4 is 11.6 Å². The minimum absolute atomic E-state index is 0.285. The zero-order valence-electron chi connectivity index (χ0n) is 15.7. The van der Waals surface area contributed by atoms with Crippen LogP contribution in [-0.2, 0) is 11.2 Å². The Bertz CT molecular complexity index is 624. The highest BCUT2D eigenvalue weighted by Gasteiger charge is 2.22. The highest BCUT2D eigenvalue weighted by molar-refractivity contribution is 5.76. The smallest absolute Gasteiger partial charge is 0.222 e. The third kappa shape index (κ3) is 5.93. The molecule has 1 aliphatic rings. The Labute approximate surface area is 152 Å². The molecule has 3 rings (SSSR count). The van der Waals surface area contributed by atoms with E-state index in [0.717, 1.165) is 26.1 Å². The number of nitrogens with zero attached hydrogens (tertiary/aromatic N) is 1. The number of carbonyl (C=O) groups is 1. The molecule has 0 aliphatic carbocycles. The lowest BCUT2D eigenvalue weighted by Gasteiger charge is -2.28. The molecule has 0 radical (unpaired) electrons. The average Bonchev–Trinajstić information content (AvgIpc) is 2.64. The van der Waals surface area contributed by atoms with E-state index in [2.05, 4.69) is 30.4 Å². The van der Waals surface area contributed by atoms with Gasteiger partial charge in [0.15, 0.2) is 0 Å². The normalized spacial score (nSPS) is 15.2. The van der Waals surface area contributed by atoms with Crippen LogP contribution in [0.25, 0.3) is 0 Å². The van der Waals surface area contributed by atoms with Crippen LogP contribution < -0.4 is 5.32 Å². The van der Waals surface area contributed by atoms with Gasteiger partial charge in [-0.3, -0.25) is 4.79 Å². The fourth-order valence-corrected chi connectivity index (χ4v) is 3.18. The molecule has 3 nitrogen and oxygen atoms in total. The van der Waals surface area contributed by atoms with E-state index < -0.39 is 0 Å². The summed E-state index contributed by atoms with van der Waals surface area (Å²) in [5.41, 5.74) is 3.87. The third-order valence-corrected chi connectivity index (χ3v) is 4.60. The van der Waals surface area contributed by atoms with Crippen molar-refractivity contribution in [3.8, 4) is 0 Å². The first-order valence-corrected chi connectivity index (χ1v) is 9.25. The lowest BCUT2D eigenvalue weighted by molar-refractivity contribution is -0.131. The number of amides is 1. The lowest BCUT2D eigenvalue weighted by atomic mass is 9.90. The number of fused-ring (bicyclic) bond motifs is 1. The Kier molecular flexibility index (Phi) is 7.52. The van der Waals surface area contributed by atoms with Gasteiger partial charge in [-0.05, 0) is 44.7 Å². The second kappa shape index (κ2) is 9.87. The van der Waals surface area contributed by atoms with Gasteiger partial charge in [-0.15, -0.1) is 0 Å². The average molecular weight is 338 g/mol. The molecular formula is C22H30N2O. The van der Waals surface area contributed by atoms with E-state index in [9.17, 15) is 4.79 Å². The summed E-state index contributed by atoms with van der Waals surface area (Å²) in [7, 11) is 0. The maximum Gasteiger partial charge on any atom is 0.222 e. The van der Waals surface area contributed by atoms with Gasteiger partial charge in [-0.1, -0.05) is 54.1 Å². The van der Waals surface area contributed by atoms with Crippen LogP contribution in [-0.4, -0.2) is 30.4 Å². The van der Waals surface area contributed by atoms with Gasteiger partial charge in [0.1, 0.15) is 0 Å². The maximum atomic E-state index is 12.2. The molecule has 1 atom stereocenters. The lowest BCUT2D eigenvalue weighted by Crippen LogP contribution is -2.34. The summed E-state index contributed by atoms with van der Waals surface area (Å²) < 4.78 is 0. The second-order valence-corrected chi connectivity index (χ2v) is 6.54. The highest BCUT2D eigenvalue weighted by Crippen LogP contribution is 2.27. The van der Waals surface area contributed by atoms with Crippen molar-refractivity contribution < 1.29 is 4.79 Å². The number of rotatable bonds is 4. The Balaban J connectivity index is 0.000000316. The zero-order chi connectivity index (χ0) is 18.1. The predicted octanol–water partition coefficient (Wildman–Crippen LogP) is 4.52. The molecule has 0 fully saturated rings. The number of nitrogens with one attached hydrogen (secondary N) is 1. The molecule has 0 unspecified atom stereocenters. The minimum Gasteiger partial charge on any atom is -0.385 e. The number of hydrogen-bond donors (Lipinski definition) is 1. The largest absolute Gasteiger partial charge is 0.385 e. The molecule has 25 heavy (non-hydrogen) atoms. The first-order valence-electron chi connectivity index (χ1n) is 9.25.